The summed E-state index contributed by atoms with van der Waals surface area (Å²) in [5, 5.41) is 9.60. The summed E-state index contributed by atoms with van der Waals surface area (Å²) in [6.07, 6.45) is 5.72. The van der Waals surface area contributed by atoms with Crippen molar-refractivity contribution in [2.24, 2.45) is 5.92 Å². The highest BCUT2D eigenvalue weighted by atomic mass is 16.5. The first-order valence-electron chi connectivity index (χ1n) is 7.24. The van der Waals surface area contributed by atoms with Crippen molar-refractivity contribution in [2.45, 2.75) is 57.6 Å². The van der Waals surface area contributed by atoms with Gasteiger partial charge in [0.2, 0.25) is 5.91 Å². The minimum Gasteiger partial charge on any atom is -0.393 e. The van der Waals surface area contributed by atoms with Gasteiger partial charge in [0.15, 0.2) is 0 Å². The van der Waals surface area contributed by atoms with Crippen LogP contribution in [0.5, 0.6) is 0 Å². The molecule has 0 spiro atoms. The van der Waals surface area contributed by atoms with E-state index in [1.54, 1.807) is 0 Å². The monoisotopic (exact) mass is 255 g/mol. The molecule has 4 heteroatoms. The highest BCUT2D eigenvalue weighted by Gasteiger charge is 2.32. The molecular formula is C14H25NO3. The van der Waals surface area contributed by atoms with Crippen LogP contribution in [-0.2, 0) is 9.53 Å². The zero-order valence-electron chi connectivity index (χ0n) is 11.3. The van der Waals surface area contributed by atoms with Crippen molar-refractivity contribution in [1.82, 2.24) is 4.90 Å². The molecule has 1 N–H and O–H groups in total. The molecule has 2 aliphatic rings. The summed E-state index contributed by atoms with van der Waals surface area (Å²) >= 11 is 0. The summed E-state index contributed by atoms with van der Waals surface area (Å²) in [6.45, 7) is 3.96. The largest absolute Gasteiger partial charge is 0.393 e. The maximum absolute atomic E-state index is 12.5. The first-order chi connectivity index (χ1) is 8.68. The third-order valence-corrected chi connectivity index (χ3v) is 4.05. The predicted octanol–water partition coefficient (Wildman–Crippen LogP) is 1.56. The van der Waals surface area contributed by atoms with Crippen LogP contribution >= 0.6 is 0 Å². The molecule has 2 aliphatic heterocycles. The zero-order chi connectivity index (χ0) is 13.0. The van der Waals surface area contributed by atoms with E-state index in [9.17, 15) is 9.90 Å². The maximum atomic E-state index is 12.5. The second-order valence-corrected chi connectivity index (χ2v) is 5.68. The first-order valence-corrected chi connectivity index (χ1v) is 7.24. The number of hydrogen-bond acceptors (Lipinski definition) is 3. The van der Waals surface area contributed by atoms with E-state index >= 15 is 0 Å². The number of aliphatic hydroxyl groups excluding tert-OH is 1. The van der Waals surface area contributed by atoms with Crippen molar-refractivity contribution >= 4 is 5.91 Å². The van der Waals surface area contributed by atoms with E-state index < -0.39 is 0 Å². The molecule has 0 aromatic rings. The van der Waals surface area contributed by atoms with Gasteiger partial charge in [0.25, 0.3) is 0 Å². The summed E-state index contributed by atoms with van der Waals surface area (Å²) in [6, 6.07) is 0.223. The summed E-state index contributed by atoms with van der Waals surface area (Å²) < 4.78 is 5.32. The Balaban J connectivity index is 2.01. The van der Waals surface area contributed by atoms with E-state index in [-0.39, 0.29) is 24.0 Å². The predicted molar refractivity (Wildman–Crippen MR) is 69.2 cm³/mol. The van der Waals surface area contributed by atoms with Crippen LogP contribution < -0.4 is 0 Å². The van der Waals surface area contributed by atoms with E-state index in [1.165, 1.54) is 12.8 Å². The molecule has 2 heterocycles. The fraction of sp³-hybridized carbons (Fsp3) is 0.929. The molecule has 18 heavy (non-hydrogen) atoms. The van der Waals surface area contributed by atoms with Crippen LogP contribution in [0.4, 0.5) is 0 Å². The molecule has 2 saturated heterocycles. The lowest BCUT2D eigenvalue weighted by atomic mass is 10.0. The lowest BCUT2D eigenvalue weighted by Gasteiger charge is -2.32. The summed E-state index contributed by atoms with van der Waals surface area (Å²) in [5.41, 5.74) is 0. The molecule has 0 aromatic heterocycles. The quantitative estimate of drug-likeness (QED) is 0.832. The number of amides is 1. The molecule has 0 bridgehead atoms. The van der Waals surface area contributed by atoms with Crippen LogP contribution in [0.15, 0.2) is 0 Å². The molecule has 1 amide bonds. The lowest BCUT2D eigenvalue weighted by Crippen LogP contribution is -2.44. The third kappa shape index (κ3) is 3.45. The fourth-order valence-corrected chi connectivity index (χ4v) is 3.07. The van der Waals surface area contributed by atoms with Gasteiger partial charge in [0.1, 0.15) is 0 Å². The van der Waals surface area contributed by atoms with E-state index in [2.05, 4.69) is 0 Å². The van der Waals surface area contributed by atoms with Crippen molar-refractivity contribution in [3.05, 3.63) is 0 Å². The van der Waals surface area contributed by atoms with Gasteiger partial charge >= 0.3 is 0 Å². The zero-order valence-corrected chi connectivity index (χ0v) is 11.3. The molecule has 0 aromatic carbocycles. The molecule has 2 fully saturated rings. The van der Waals surface area contributed by atoms with Crippen LogP contribution in [0, 0.1) is 5.92 Å². The number of likely N-dealkylation sites (tertiary alicyclic amines) is 1. The smallest absolute Gasteiger partial charge is 0.228 e. The first kappa shape index (κ1) is 13.8. The van der Waals surface area contributed by atoms with Gasteiger partial charge in [-0.3, -0.25) is 4.79 Å². The molecule has 3 unspecified atom stereocenters. The summed E-state index contributed by atoms with van der Waals surface area (Å²) in [4.78, 5) is 14.5. The van der Waals surface area contributed by atoms with Gasteiger partial charge in [-0.05, 0) is 32.6 Å². The number of nitrogens with zero attached hydrogens (tertiary/aromatic N) is 1. The number of ether oxygens (including phenoxy) is 1. The SMILES string of the molecule is CC(O)CC1CCCCCN1C(=O)C1CCOC1. The molecule has 0 radical (unpaired) electrons. The Morgan fingerprint density at radius 2 is 2.22 bits per heavy atom. The standard InChI is InChI=1S/C14H25NO3/c1-11(16)9-13-5-3-2-4-7-15(13)14(17)12-6-8-18-10-12/h11-13,16H,2-10H2,1H3. The molecule has 0 saturated carbocycles. The summed E-state index contributed by atoms with van der Waals surface area (Å²) in [5.74, 6) is 0.305. The Labute approximate surface area is 109 Å². The van der Waals surface area contributed by atoms with Crippen LogP contribution in [0.25, 0.3) is 0 Å². The average Bonchev–Trinajstić information content (AvgIpc) is 2.76. The van der Waals surface area contributed by atoms with Crippen LogP contribution in [-0.4, -0.2) is 47.8 Å². The molecule has 0 aliphatic carbocycles. The van der Waals surface area contributed by atoms with Crippen LogP contribution in [0.3, 0.4) is 0 Å². The minimum atomic E-state index is -0.330. The van der Waals surface area contributed by atoms with Crippen molar-refractivity contribution in [3.63, 3.8) is 0 Å². The van der Waals surface area contributed by atoms with Crippen LogP contribution in [0.1, 0.15) is 45.4 Å². The highest BCUT2D eigenvalue weighted by Crippen LogP contribution is 2.25. The van der Waals surface area contributed by atoms with Gasteiger partial charge in [0.05, 0.1) is 18.6 Å². The Bertz CT molecular complexity index is 274. The van der Waals surface area contributed by atoms with E-state index in [1.807, 2.05) is 11.8 Å². The van der Waals surface area contributed by atoms with E-state index in [4.69, 9.17) is 4.74 Å². The molecule has 2 rings (SSSR count). The molecule has 4 nitrogen and oxygen atoms in total. The van der Waals surface area contributed by atoms with Crippen LogP contribution in [0.2, 0.25) is 0 Å². The van der Waals surface area contributed by atoms with E-state index in [0.717, 1.165) is 25.8 Å². The van der Waals surface area contributed by atoms with Gasteiger partial charge in [-0.25, -0.2) is 0 Å². The Morgan fingerprint density at radius 3 is 2.89 bits per heavy atom. The number of hydrogen-bond donors (Lipinski definition) is 1. The maximum Gasteiger partial charge on any atom is 0.228 e. The Morgan fingerprint density at radius 1 is 1.39 bits per heavy atom. The third-order valence-electron chi connectivity index (χ3n) is 4.05. The molecule has 3 atom stereocenters. The number of carbonyl (C=O) groups is 1. The molecular weight excluding hydrogens is 230 g/mol. The molecule has 104 valence electrons. The van der Waals surface area contributed by atoms with Gasteiger partial charge in [-0.15, -0.1) is 0 Å². The number of rotatable bonds is 3. The van der Waals surface area contributed by atoms with Gasteiger partial charge < -0.3 is 14.7 Å². The normalized spacial score (nSPS) is 31.1. The van der Waals surface area contributed by atoms with Crippen molar-refractivity contribution in [2.75, 3.05) is 19.8 Å². The van der Waals surface area contributed by atoms with Crippen molar-refractivity contribution < 1.29 is 14.6 Å². The second-order valence-electron chi connectivity index (χ2n) is 5.68. The number of carbonyl (C=O) groups excluding carboxylic acids is 1. The van der Waals surface area contributed by atoms with Crippen molar-refractivity contribution in [3.8, 4) is 0 Å². The number of aliphatic hydroxyl groups is 1. The highest BCUT2D eigenvalue weighted by molar-refractivity contribution is 5.79. The fourth-order valence-electron chi connectivity index (χ4n) is 3.07. The Kier molecular flexibility index (Phi) is 5.01. The lowest BCUT2D eigenvalue weighted by molar-refractivity contribution is -0.138. The van der Waals surface area contributed by atoms with Gasteiger partial charge in [-0.1, -0.05) is 12.8 Å². The summed E-state index contributed by atoms with van der Waals surface area (Å²) in [7, 11) is 0. The van der Waals surface area contributed by atoms with Gasteiger partial charge in [0, 0.05) is 19.2 Å². The van der Waals surface area contributed by atoms with Gasteiger partial charge in [-0.2, -0.15) is 0 Å². The van der Waals surface area contributed by atoms with E-state index in [0.29, 0.717) is 19.6 Å². The minimum absolute atomic E-state index is 0.0552. The second kappa shape index (κ2) is 6.53. The van der Waals surface area contributed by atoms with Crippen molar-refractivity contribution in [1.29, 1.82) is 0 Å². The Hall–Kier alpha value is -0.610. The topological polar surface area (TPSA) is 49.8 Å². The average molecular weight is 255 g/mol.